The monoisotopic (exact) mass is 434 g/mol. The molecule has 0 aliphatic carbocycles. The zero-order chi connectivity index (χ0) is 21.8. The fraction of sp³-hybridized carbons (Fsp3) is 0.0833. The van der Waals surface area contributed by atoms with Gasteiger partial charge in [0.2, 0.25) is 4.80 Å². The van der Waals surface area contributed by atoms with E-state index >= 15 is 0 Å². The van der Waals surface area contributed by atoms with Gasteiger partial charge in [-0.2, -0.15) is 5.10 Å². The first kappa shape index (κ1) is 20.7. The predicted molar refractivity (Wildman–Crippen MR) is 123 cm³/mol. The van der Waals surface area contributed by atoms with Crippen LogP contribution in [-0.4, -0.2) is 25.0 Å². The number of aromatic nitrogens is 1. The first-order valence-electron chi connectivity index (χ1n) is 9.58. The molecule has 7 heteroatoms. The molecule has 1 aromatic heterocycles. The van der Waals surface area contributed by atoms with Crippen molar-refractivity contribution >= 4 is 28.9 Å². The van der Waals surface area contributed by atoms with Gasteiger partial charge in [-0.25, -0.2) is 18.4 Å². The van der Waals surface area contributed by atoms with Crippen LogP contribution in [0.4, 0.5) is 20.2 Å². The highest BCUT2D eigenvalue weighted by atomic mass is 32.1. The van der Waals surface area contributed by atoms with Gasteiger partial charge in [0.25, 0.3) is 0 Å². The lowest BCUT2D eigenvalue weighted by molar-refractivity contribution is 0.627. The molecule has 0 N–H and O–H groups in total. The van der Waals surface area contributed by atoms with Crippen LogP contribution >= 0.6 is 11.3 Å². The van der Waals surface area contributed by atoms with Crippen LogP contribution in [0.2, 0.25) is 0 Å². The Labute approximate surface area is 183 Å². The van der Waals surface area contributed by atoms with Gasteiger partial charge in [0.1, 0.15) is 11.6 Å². The lowest BCUT2D eigenvalue weighted by Gasteiger charge is -2.11. The Morgan fingerprint density at radius 1 is 0.839 bits per heavy atom. The van der Waals surface area contributed by atoms with Crippen LogP contribution in [0.15, 0.2) is 88.3 Å². The molecule has 0 saturated heterocycles. The maximum absolute atomic E-state index is 13.4. The molecule has 0 aliphatic heterocycles. The second kappa shape index (κ2) is 9.06. The zero-order valence-electron chi connectivity index (χ0n) is 17.0. The van der Waals surface area contributed by atoms with Gasteiger partial charge in [0.15, 0.2) is 0 Å². The van der Waals surface area contributed by atoms with Crippen LogP contribution < -0.4 is 9.70 Å². The fourth-order valence-corrected chi connectivity index (χ4v) is 3.77. The molecule has 4 aromatic rings. The molecule has 4 nitrogen and oxygen atoms in total. The maximum atomic E-state index is 13.4. The summed E-state index contributed by atoms with van der Waals surface area (Å²) in [5.74, 6) is -0.615. The molecule has 0 saturated carbocycles. The van der Waals surface area contributed by atoms with E-state index in [9.17, 15) is 8.78 Å². The minimum Gasteiger partial charge on any atom is -0.378 e. The summed E-state index contributed by atoms with van der Waals surface area (Å²) >= 11 is 1.40. The third-order valence-corrected chi connectivity index (χ3v) is 5.42. The van der Waals surface area contributed by atoms with Gasteiger partial charge in [-0.1, -0.05) is 12.1 Å². The molecule has 4 rings (SSSR count). The Morgan fingerprint density at radius 3 is 2.06 bits per heavy atom. The van der Waals surface area contributed by atoms with Crippen molar-refractivity contribution in [2.75, 3.05) is 19.0 Å². The summed E-state index contributed by atoms with van der Waals surface area (Å²) in [4.78, 5) is 7.26. The lowest BCUT2D eigenvalue weighted by Crippen LogP contribution is -2.11. The predicted octanol–water partition coefficient (Wildman–Crippen LogP) is 5.68. The van der Waals surface area contributed by atoms with E-state index in [4.69, 9.17) is 0 Å². The van der Waals surface area contributed by atoms with E-state index in [-0.39, 0.29) is 11.6 Å². The summed E-state index contributed by atoms with van der Waals surface area (Å²) in [5.41, 5.74) is 4.25. The van der Waals surface area contributed by atoms with Crippen molar-refractivity contribution in [1.82, 2.24) is 4.68 Å². The van der Waals surface area contributed by atoms with Crippen molar-refractivity contribution in [3.8, 4) is 11.3 Å². The van der Waals surface area contributed by atoms with Crippen LogP contribution in [0.5, 0.6) is 0 Å². The largest absolute Gasteiger partial charge is 0.378 e. The van der Waals surface area contributed by atoms with Gasteiger partial charge in [-0.3, -0.25) is 0 Å². The van der Waals surface area contributed by atoms with Gasteiger partial charge in [-0.15, -0.1) is 11.3 Å². The normalized spacial score (nSPS) is 11.9. The summed E-state index contributed by atoms with van der Waals surface area (Å²) in [6, 6.07) is 20.2. The van der Waals surface area contributed by atoms with Gasteiger partial charge in [0.05, 0.1) is 17.6 Å². The topological polar surface area (TPSA) is 32.9 Å². The van der Waals surface area contributed by atoms with Crippen molar-refractivity contribution in [2.45, 2.75) is 0 Å². The van der Waals surface area contributed by atoms with E-state index in [1.807, 2.05) is 48.6 Å². The van der Waals surface area contributed by atoms with E-state index in [2.05, 4.69) is 10.1 Å². The molecule has 0 unspecified atom stereocenters. The summed E-state index contributed by atoms with van der Waals surface area (Å²) in [6.45, 7) is 0. The lowest BCUT2D eigenvalue weighted by atomic mass is 10.2. The van der Waals surface area contributed by atoms with Gasteiger partial charge in [0, 0.05) is 30.7 Å². The Hall–Kier alpha value is -3.58. The summed E-state index contributed by atoms with van der Waals surface area (Å²) in [5, 5.41) is 6.57. The maximum Gasteiger partial charge on any atom is 0.211 e. The van der Waals surface area contributed by atoms with Gasteiger partial charge in [-0.05, 0) is 66.2 Å². The molecule has 0 bridgehead atoms. The van der Waals surface area contributed by atoms with Crippen LogP contribution in [0, 0.1) is 11.6 Å². The van der Waals surface area contributed by atoms with Crippen LogP contribution in [0.25, 0.3) is 11.3 Å². The average Bonchev–Trinajstić information content (AvgIpc) is 3.17. The van der Waals surface area contributed by atoms with E-state index in [0.717, 1.165) is 22.5 Å². The number of hydrogen-bond donors (Lipinski definition) is 0. The highest BCUT2D eigenvalue weighted by molar-refractivity contribution is 7.07. The Morgan fingerprint density at radius 2 is 1.45 bits per heavy atom. The van der Waals surface area contributed by atoms with Crippen LogP contribution in [0.3, 0.4) is 0 Å². The third kappa shape index (κ3) is 4.95. The molecule has 0 fully saturated rings. The highest BCUT2D eigenvalue weighted by Gasteiger charge is 2.08. The number of benzene rings is 3. The Bertz CT molecular complexity index is 1250. The van der Waals surface area contributed by atoms with Gasteiger partial charge >= 0.3 is 0 Å². The molecule has 1 heterocycles. The van der Waals surface area contributed by atoms with Crippen molar-refractivity contribution in [3.05, 3.63) is 100 Å². The Kier molecular flexibility index (Phi) is 6.04. The number of halogens is 2. The van der Waals surface area contributed by atoms with Gasteiger partial charge < -0.3 is 4.90 Å². The SMILES string of the molecule is CN(C)c1ccc(C=Nn2c(-c3ccc(F)cc3)csc2=Nc2ccc(F)cc2)cc1. The molecule has 3 aromatic carbocycles. The van der Waals surface area contributed by atoms with E-state index in [1.54, 1.807) is 35.2 Å². The second-order valence-corrected chi connectivity index (χ2v) is 7.88. The molecule has 0 radical (unpaired) electrons. The number of anilines is 1. The standard InChI is InChI=1S/C24H20F2N4S/c1-29(2)22-13-3-17(4-14-22)15-27-30-23(18-5-7-19(25)8-6-18)16-31-24(30)28-21-11-9-20(26)10-12-21/h3-16H,1-2H3. The zero-order valence-corrected chi connectivity index (χ0v) is 17.9. The summed E-state index contributed by atoms with van der Waals surface area (Å²) < 4.78 is 28.4. The third-order valence-electron chi connectivity index (χ3n) is 4.61. The Balaban J connectivity index is 1.77. The van der Waals surface area contributed by atoms with Crippen molar-refractivity contribution in [3.63, 3.8) is 0 Å². The number of nitrogens with zero attached hydrogens (tertiary/aromatic N) is 4. The smallest absolute Gasteiger partial charge is 0.211 e. The number of rotatable bonds is 5. The summed E-state index contributed by atoms with van der Waals surface area (Å²) in [6.07, 6.45) is 1.75. The average molecular weight is 435 g/mol. The quantitative estimate of drug-likeness (QED) is 0.372. The molecule has 0 aliphatic rings. The molecular formula is C24H20F2N4S. The van der Waals surface area contributed by atoms with Crippen molar-refractivity contribution in [1.29, 1.82) is 0 Å². The minimum absolute atomic E-state index is 0.300. The van der Waals surface area contributed by atoms with E-state index < -0.39 is 0 Å². The number of hydrogen-bond acceptors (Lipinski definition) is 4. The van der Waals surface area contributed by atoms with E-state index in [0.29, 0.717) is 10.5 Å². The first-order valence-corrected chi connectivity index (χ1v) is 10.5. The fourth-order valence-electron chi connectivity index (χ4n) is 2.92. The molecule has 0 amide bonds. The molecular weight excluding hydrogens is 414 g/mol. The van der Waals surface area contributed by atoms with Crippen molar-refractivity contribution < 1.29 is 8.78 Å². The summed E-state index contributed by atoms with van der Waals surface area (Å²) in [7, 11) is 3.98. The highest BCUT2D eigenvalue weighted by Crippen LogP contribution is 2.21. The molecule has 0 atom stereocenters. The molecule has 31 heavy (non-hydrogen) atoms. The molecule has 0 spiro atoms. The van der Waals surface area contributed by atoms with Crippen molar-refractivity contribution in [2.24, 2.45) is 10.1 Å². The number of thiazole rings is 1. The first-order chi connectivity index (χ1) is 15.0. The van der Waals surface area contributed by atoms with E-state index in [1.165, 1.54) is 35.6 Å². The minimum atomic E-state index is -0.316. The molecule has 156 valence electrons. The van der Waals surface area contributed by atoms with Crippen LogP contribution in [-0.2, 0) is 0 Å². The second-order valence-electron chi connectivity index (χ2n) is 7.04. The van der Waals surface area contributed by atoms with Crippen LogP contribution in [0.1, 0.15) is 5.56 Å².